The van der Waals surface area contributed by atoms with Crippen LogP contribution in [0.25, 0.3) is 0 Å². The van der Waals surface area contributed by atoms with Gasteiger partial charge in [0.05, 0.1) is 35.8 Å². The van der Waals surface area contributed by atoms with Gasteiger partial charge >= 0.3 is 23.9 Å². The van der Waals surface area contributed by atoms with Crippen molar-refractivity contribution < 1.29 is 67.5 Å². The van der Waals surface area contributed by atoms with E-state index in [0.29, 0.717) is 12.8 Å². The molecular weight excluding hydrogens is 660 g/mol. The molecule has 12 atom stereocenters. The SMILES string of the molecule is CC(=O)OC[C@H]1O[C@@H](O/N=C2\C[C@@H](O)[C@@H](O)[C@@H]3[C@@H]4C(=O)N([C@@H](C)c5ccccc5)C(=O)[C@@H]4CC[C@H]23)[C@H](OC(C)=O)[C@@H](OC(C)=O)[C@@H]1OC(C)=O. The number of esters is 4. The number of aliphatic hydroxyl groups is 2. The van der Waals surface area contributed by atoms with Crippen LogP contribution < -0.4 is 0 Å². The minimum absolute atomic E-state index is 0.155. The first-order valence-corrected chi connectivity index (χ1v) is 16.5. The van der Waals surface area contributed by atoms with Gasteiger partial charge in [0.25, 0.3) is 6.29 Å². The Morgan fingerprint density at radius 2 is 1.46 bits per heavy atom. The van der Waals surface area contributed by atoms with Crippen LogP contribution in [0.1, 0.15) is 65.5 Å². The third-order valence-electron chi connectivity index (χ3n) is 9.70. The Labute approximate surface area is 287 Å². The van der Waals surface area contributed by atoms with Gasteiger partial charge < -0.3 is 38.7 Å². The highest BCUT2D eigenvalue weighted by molar-refractivity contribution is 6.06. The fraction of sp³-hybridized carbons (Fsp3) is 0.618. The molecular formula is C34H42N2O14. The van der Waals surface area contributed by atoms with Crippen molar-refractivity contribution in [2.45, 2.75) is 103 Å². The normalized spacial score (nSPS) is 35.0. The summed E-state index contributed by atoms with van der Waals surface area (Å²) in [6, 6.07) is 8.56. The summed E-state index contributed by atoms with van der Waals surface area (Å²) in [7, 11) is 0. The molecule has 2 N–H and O–H groups in total. The number of amides is 2. The fourth-order valence-electron chi connectivity index (χ4n) is 7.65. The average molecular weight is 703 g/mol. The van der Waals surface area contributed by atoms with Crippen molar-refractivity contribution in [2.24, 2.45) is 28.8 Å². The van der Waals surface area contributed by atoms with E-state index in [1.165, 1.54) is 4.90 Å². The van der Waals surface area contributed by atoms with Gasteiger partial charge in [0.2, 0.25) is 17.9 Å². The zero-order chi connectivity index (χ0) is 36.4. The number of likely N-dealkylation sites (tertiary alicyclic amines) is 1. The van der Waals surface area contributed by atoms with E-state index in [0.717, 1.165) is 33.3 Å². The van der Waals surface area contributed by atoms with E-state index >= 15 is 0 Å². The number of oxime groups is 1. The van der Waals surface area contributed by atoms with E-state index in [1.807, 2.05) is 30.3 Å². The van der Waals surface area contributed by atoms with E-state index in [9.17, 15) is 39.0 Å². The molecule has 5 rings (SSSR count). The molecule has 0 aromatic heterocycles. The lowest BCUT2D eigenvalue weighted by Crippen LogP contribution is -2.62. The van der Waals surface area contributed by atoms with Crippen LogP contribution in [-0.2, 0) is 57.3 Å². The van der Waals surface area contributed by atoms with Gasteiger partial charge in [-0.3, -0.25) is 33.7 Å². The average Bonchev–Trinajstić information content (AvgIpc) is 3.31. The van der Waals surface area contributed by atoms with Crippen LogP contribution in [0.15, 0.2) is 35.5 Å². The second-order valence-corrected chi connectivity index (χ2v) is 13.0. The quantitative estimate of drug-likeness (QED) is 0.159. The van der Waals surface area contributed by atoms with E-state index < -0.39 is 109 Å². The van der Waals surface area contributed by atoms with Gasteiger partial charge in [-0.05, 0) is 25.3 Å². The molecule has 2 aliphatic heterocycles. The van der Waals surface area contributed by atoms with Crippen molar-refractivity contribution in [3.63, 3.8) is 0 Å². The summed E-state index contributed by atoms with van der Waals surface area (Å²) >= 11 is 0. The number of fused-ring (bicyclic) bond motifs is 3. The van der Waals surface area contributed by atoms with Crippen molar-refractivity contribution >= 4 is 41.4 Å². The zero-order valence-corrected chi connectivity index (χ0v) is 28.3. The van der Waals surface area contributed by atoms with Crippen LogP contribution in [0.4, 0.5) is 0 Å². The summed E-state index contributed by atoms with van der Waals surface area (Å²) in [5.41, 5.74) is 1.03. The molecule has 272 valence electrons. The highest BCUT2D eigenvalue weighted by atomic mass is 16.8. The van der Waals surface area contributed by atoms with Gasteiger partial charge in [0.15, 0.2) is 12.2 Å². The van der Waals surface area contributed by atoms with Crippen LogP contribution in [0.3, 0.4) is 0 Å². The monoisotopic (exact) mass is 702 g/mol. The van der Waals surface area contributed by atoms with E-state index in [-0.39, 0.29) is 18.0 Å². The molecule has 1 aromatic rings. The Bertz CT molecular complexity index is 1520. The Kier molecular flexibility index (Phi) is 11.2. The lowest BCUT2D eigenvalue weighted by molar-refractivity contribution is -0.308. The van der Waals surface area contributed by atoms with Gasteiger partial charge in [0, 0.05) is 46.0 Å². The Morgan fingerprint density at radius 1 is 0.860 bits per heavy atom. The maximum absolute atomic E-state index is 14.0. The number of ether oxygens (including phenoxy) is 5. The number of benzene rings is 1. The molecule has 4 fully saturated rings. The predicted molar refractivity (Wildman–Crippen MR) is 167 cm³/mol. The lowest BCUT2D eigenvalue weighted by Gasteiger charge is -2.46. The number of carbonyl (C=O) groups excluding carboxylic acids is 6. The topological polar surface area (TPSA) is 214 Å². The molecule has 0 radical (unpaired) electrons. The maximum Gasteiger partial charge on any atom is 0.303 e. The number of hydrogen-bond donors (Lipinski definition) is 2. The minimum atomic E-state index is -1.61. The van der Waals surface area contributed by atoms with Gasteiger partial charge in [-0.25, -0.2) is 0 Å². The molecule has 0 spiro atoms. The lowest BCUT2D eigenvalue weighted by atomic mass is 9.60. The summed E-state index contributed by atoms with van der Waals surface area (Å²) in [6.07, 6.45) is -9.52. The molecule has 4 aliphatic rings. The molecule has 0 unspecified atom stereocenters. The third kappa shape index (κ3) is 7.51. The molecule has 1 aromatic carbocycles. The summed E-state index contributed by atoms with van der Waals surface area (Å²) in [4.78, 5) is 82.7. The van der Waals surface area contributed by atoms with Gasteiger partial charge in [-0.1, -0.05) is 35.5 Å². The zero-order valence-electron chi connectivity index (χ0n) is 28.3. The first kappa shape index (κ1) is 36.9. The van der Waals surface area contributed by atoms with Crippen LogP contribution in [-0.4, -0.2) is 106 Å². The van der Waals surface area contributed by atoms with Crippen molar-refractivity contribution in [1.82, 2.24) is 4.90 Å². The second-order valence-electron chi connectivity index (χ2n) is 13.0. The molecule has 2 amide bonds. The minimum Gasteiger partial charge on any atom is -0.463 e. The summed E-state index contributed by atoms with van der Waals surface area (Å²) in [6.45, 7) is 5.71. The number of aliphatic hydroxyl groups excluding tert-OH is 2. The molecule has 0 bridgehead atoms. The highest BCUT2D eigenvalue weighted by Crippen LogP contribution is 2.51. The van der Waals surface area contributed by atoms with E-state index in [2.05, 4.69) is 5.16 Å². The molecule has 16 nitrogen and oxygen atoms in total. The molecule has 16 heteroatoms. The van der Waals surface area contributed by atoms with Gasteiger partial charge in [0.1, 0.15) is 12.7 Å². The number of hydrogen-bond acceptors (Lipinski definition) is 15. The molecule has 2 heterocycles. The van der Waals surface area contributed by atoms with Crippen LogP contribution in [0, 0.1) is 23.7 Å². The summed E-state index contributed by atoms with van der Waals surface area (Å²) in [5, 5.41) is 26.5. The Hall–Kier alpha value is -4.41. The van der Waals surface area contributed by atoms with E-state index in [1.54, 1.807) is 6.92 Å². The van der Waals surface area contributed by atoms with E-state index in [4.69, 9.17) is 28.5 Å². The molecule has 2 saturated carbocycles. The van der Waals surface area contributed by atoms with Crippen molar-refractivity contribution in [3.05, 3.63) is 35.9 Å². The van der Waals surface area contributed by atoms with Crippen molar-refractivity contribution in [3.8, 4) is 0 Å². The van der Waals surface area contributed by atoms with Crippen molar-refractivity contribution in [2.75, 3.05) is 6.61 Å². The van der Waals surface area contributed by atoms with Crippen LogP contribution in [0.2, 0.25) is 0 Å². The van der Waals surface area contributed by atoms with Gasteiger partial charge in [-0.2, -0.15) is 0 Å². The number of rotatable bonds is 9. The van der Waals surface area contributed by atoms with Crippen molar-refractivity contribution in [1.29, 1.82) is 0 Å². The first-order valence-electron chi connectivity index (χ1n) is 16.5. The highest BCUT2D eigenvalue weighted by Gasteiger charge is 2.61. The Balaban J connectivity index is 1.45. The number of nitrogens with zero attached hydrogens (tertiary/aromatic N) is 2. The Morgan fingerprint density at radius 3 is 2.08 bits per heavy atom. The van der Waals surface area contributed by atoms with Crippen LogP contribution >= 0.6 is 0 Å². The third-order valence-corrected chi connectivity index (χ3v) is 9.70. The molecule has 2 saturated heterocycles. The first-order chi connectivity index (χ1) is 23.7. The predicted octanol–water partition coefficient (Wildman–Crippen LogP) is 0.956. The number of imide groups is 1. The summed E-state index contributed by atoms with van der Waals surface area (Å²) < 4.78 is 27.3. The smallest absolute Gasteiger partial charge is 0.303 e. The largest absolute Gasteiger partial charge is 0.463 e. The molecule has 50 heavy (non-hydrogen) atoms. The fourth-order valence-corrected chi connectivity index (χ4v) is 7.65. The summed E-state index contributed by atoms with van der Waals surface area (Å²) in [5.74, 6) is -7.00. The molecule has 2 aliphatic carbocycles. The second kappa shape index (κ2) is 15.2. The van der Waals surface area contributed by atoms with Gasteiger partial charge in [-0.15, -0.1) is 0 Å². The number of carbonyl (C=O) groups is 6. The van der Waals surface area contributed by atoms with Crippen LogP contribution in [0.5, 0.6) is 0 Å². The maximum atomic E-state index is 14.0. The standard InChI is InChI=1S/C34H42N2O14/c1-15(20-9-7-6-8-10-20)36-32(43)22-12-11-21-23(13-24(41)28(42)26(21)27(22)33(36)44)35-50-34-31(48-19(5)40)30(47-18(4)39)29(46-17(3)38)25(49-34)14-45-16(2)37/h6-10,15,21-22,24-31,34,41-42H,11-14H2,1-5H3/b35-23+/t15-,21+,22+,24+,25+,26-,27+,28+,29+,30-,31+,34-/m0/s1.